The van der Waals surface area contributed by atoms with Gasteiger partial charge in [-0.25, -0.2) is 17.9 Å². The minimum absolute atomic E-state index is 0.0758. The lowest BCUT2D eigenvalue weighted by Crippen LogP contribution is -2.28. The highest BCUT2D eigenvalue weighted by atomic mass is 32.2. The number of amides is 3. The van der Waals surface area contributed by atoms with E-state index >= 15 is 0 Å². The van der Waals surface area contributed by atoms with Gasteiger partial charge in [0.2, 0.25) is 15.9 Å². The number of benzene rings is 1. The Balaban J connectivity index is 1.37. The summed E-state index contributed by atoms with van der Waals surface area (Å²) in [7, 11) is -3.58. The van der Waals surface area contributed by atoms with Crippen molar-refractivity contribution in [2.45, 2.75) is 30.6 Å². The molecule has 3 rings (SSSR count). The lowest BCUT2D eigenvalue weighted by atomic mass is 10.3. The van der Waals surface area contributed by atoms with Crippen LogP contribution in [0.3, 0.4) is 0 Å². The fourth-order valence-electron chi connectivity index (χ4n) is 2.69. The van der Waals surface area contributed by atoms with Crippen molar-refractivity contribution in [3.63, 3.8) is 0 Å². The summed E-state index contributed by atoms with van der Waals surface area (Å²) < 4.78 is 33.0. The molecule has 1 aromatic carbocycles. The molecule has 9 heteroatoms. The first-order chi connectivity index (χ1) is 13.4. The second kappa shape index (κ2) is 9.20. The fourth-order valence-corrected chi connectivity index (χ4v) is 3.80. The third-order valence-electron chi connectivity index (χ3n) is 4.50. The Hall–Kier alpha value is -2.39. The zero-order valence-electron chi connectivity index (χ0n) is 15.6. The number of allylic oxidation sites excluding steroid dienone is 1. The summed E-state index contributed by atoms with van der Waals surface area (Å²) in [5.74, 6) is 0.878. The molecule has 2 N–H and O–H groups in total. The van der Waals surface area contributed by atoms with Gasteiger partial charge in [-0.1, -0.05) is 18.2 Å². The summed E-state index contributed by atoms with van der Waals surface area (Å²) in [6.07, 6.45) is 7.31. The van der Waals surface area contributed by atoms with Crippen molar-refractivity contribution in [1.82, 2.24) is 14.9 Å². The van der Waals surface area contributed by atoms with Crippen LogP contribution in [0.15, 0.2) is 41.3 Å². The quantitative estimate of drug-likeness (QED) is 0.330. The topological polar surface area (TPSA) is 105 Å². The summed E-state index contributed by atoms with van der Waals surface area (Å²) in [5.41, 5.74) is 0. The van der Waals surface area contributed by atoms with Crippen LogP contribution in [-0.4, -0.2) is 51.5 Å². The molecule has 1 aliphatic heterocycles. The number of urea groups is 1. The standard InChI is InChI=1S/C19H25N3O5S/c23-18-13-22(19(24)21-18)11-4-2-1-3-10-20-28(25,26)17-7-5-6-16(12-17)27-14-15-8-9-15/h2,4-7,12,15,20H,1,3,8-11,13-14H2,(H,21,23,24). The molecule has 152 valence electrons. The maximum absolute atomic E-state index is 12.4. The van der Waals surface area contributed by atoms with Crippen LogP contribution in [0.2, 0.25) is 0 Å². The largest absolute Gasteiger partial charge is 0.493 e. The second-order valence-corrected chi connectivity index (χ2v) is 8.74. The zero-order valence-corrected chi connectivity index (χ0v) is 16.4. The molecule has 2 aliphatic rings. The number of hydrogen-bond acceptors (Lipinski definition) is 5. The highest BCUT2D eigenvalue weighted by Gasteiger charge is 2.25. The number of carbonyl (C=O) groups excluding carboxylic acids is 2. The van der Waals surface area contributed by atoms with Crippen LogP contribution in [0, 0.1) is 5.92 Å². The van der Waals surface area contributed by atoms with Crippen LogP contribution in [-0.2, 0) is 14.8 Å². The molecular weight excluding hydrogens is 382 g/mol. The normalized spacial score (nSPS) is 17.4. The Labute approximate surface area is 165 Å². The molecule has 8 nitrogen and oxygen atoms in total. The number of imide groups is 1. The number of nitrogens with zero attached hydrogens (tertiary/aromatic N) is 1. The molecule has 0 unspecified atom stereocenters. The van der Waals surface area contributed by atoms with Crippen LogP contribution >= 0.6 is 0 Å². The molecule has 0 bridgehead atoms. The van der Waals surface area contributed by atoms with Crippen molar-refractivity contribution < 1.29 is 22.7 Å². The summed E-state index contributed by atoms with van der Waals surface area (Å²) in [6, 6.07) is 6.16. The van der Waals surface area contributed by atoms with E-state index in [0.717, 1.165) is 0 Å². The van der Waals surface area contributed by atoms with Crippen molar-refractivity contribution >= 4 is 22.0 Å². The molecule has 1 aromatic rings. The summed E-state index contributed by atoms with van der Waals surface area (Å²) in [4.78, 5) is 24.0. The Bertz CT molecular complexity index is 849. The van der Waals surface area contributed by atoms with Gasteiger partial charge in [-0.3, -0.25) is 10.1 Å². The summed E-state index contributed by atoms with van der Waals surface area (Å²) in [6.45, 7) is 1.38. The van der Waals surface area contributed by atoms with E-state index in [1.54, 1.807) is 30.3 Å². The Kier molecular flexibility index (Phi) is 6.69. The lowest BCUT2D eigenvalue weighted by Gasteiger charge is -2.10. The van der Waals surface area contributed by atoms with Crippen molar-refractivity contribution in [2.75, 3.05) is 26.2 Å². The van der Waals surface area contributed by atoms with E-state index in [1.807, 2.05) is 6.08 Å². The smallest absolute Gasteiger partial charge is 0.324 e. The first-order valence-corrected chi connectivity index (χ1v) is 10.9. The Morgan fingerprint density at radius 1 is 1.25 bits per heavy atom. The van der Waals surface area contributed by atoms with Gasteiger partial charge in [0.05, 0.1) is 11.5 Å². The molecule has 28 heavy (non-hydrogen) atoms. The molecule has 3 amide bonds. The van der Waals surface area contributed by atoms with E-state index in [-0.39, 0.29) is 23.4 Å². The maximum atomic E-state index is 12.4. The minimum atomic E-state index is -3.58. The Morgan fingerprint density at radius 2 is 2.07 bits per heavy atom. The van der Waals surface area contributed by atoms with Gasteiger partial charge in [-0.05, 0) is 43.7 Å². The average molecular weight is 407 g/mol. The highest BCUT2D eigenvalue weighted by Crippen LogP contribution is 2.29. The second-order valence-electron chi connectivity index (χ2n) is 6.97. The van der Waals surface area contributed by atoms with E-state index in [9.17, 15) is 18.0 Å². The maximum Gasteiger partial charge on any atom is 0.324 e. The van der Waals surface area contributed by atoms with E-state index in [0.29, 0.717) is 44.2 Å². The predicted octanol–water partition coefficient (Wildman–Crippen LogP) is 1.64. The zero-order chi connectivity index (χ0) is 20.0. The van der Waals surface area contributed by atoms with E-state index in [2.05, 4.69) is 10.0 Å². The molecule has 0 spiro atoms. The van der Waals surface area contributed by atoms with Gasteiger partial charge in [0.1, 0.15) is 12.3 Å². The van der Waals surface area contributed by atoms with E-state index < -0.39 is 10.0 Å². The van der Waals surface area contributed by atoms with Gasteiger partial charge < -0.3 is 9.64 Å². The third-order valence-corrected chi connectivity index (χ3v) is 5.96. The SMILES string of the molecule is O=C1CN(CC=CCCCNS(=O)(=O)c2cccc(OCC3CC3)c2)C(=O)N1. The summed E-state index contributed by atoms with van der Waals surface area (Å²) >= 11 is 0. The molecule has 0 atom stereocenters. The first kappa shape index (κ1) is 20.3. The van der Waals surface area contributed by atoms with Crippen molar-refractivity contribution in [3.8, 4) is 5.75 Å². The predicted molar refractivity (Wildman–Crippen MR) is 103 cm³/mol. The van der Waals surface area contributed by atoms with Gasteiger partial charge in [0, 0.05) is 19.2 Å². The monoisotopic (exact) mass is 407 g/mol. The van der Waals surface area contributed by atoms with E-state index in [4.69, 9.17) is 4.74 Å². The first-order valence-electron chi connectivity index (χ1n) is 9.40. The number of sulfonamides is 1. The number of hydrogen-bond donors (Lipinski definition) is 2. The van der Waals surface area contributed by atoms with Crippen molar-refractivity contribution in [1.29, 1.82) is 0 Å². The molecule has 1 aliphatic carbocycles. The number of rotatable bonds is 11. The van der Waals surface area contributed by atoms with Gasteiger partial charge in [0.15, 0.2) is 0 Å². The van der Waals surface area contributed by atoms with Gasteiger partial charge in [-0.2, -0.15) is 0 Å². The molecular formula is C19H25N3O5S. The molecule has 1 saturated heterocycles. The van der Waals surface area contributed by atoms with E-state index in [1.165, 1.54) is 17.7 Å². The molecule has 1 saturated carbocycles. The molecule has 0 aromatic heterocycles. The van der Waals surface area contributed by atoms with Gasteiger partial charge in [-0.15, -0.1) is 0 Å². The molecule has 1 heterocycles. The van der Waals surface area contributed by atoms with Gasteiger partial charge >= 0.3 is 6.03 Å². The number of nitrogens with one attached hydrogen (secondary N) is 2. The number of ether oxygens (including phenoxy) is 1. The van der Waals surface area contributed by atoms with Crippen molar-refractivity contribution in [3.05, 3.63) is 36.4 Å². The summed E-state index contributed by atoms with van der Waals surface area (Å²) in [5, 5.41) is 2.21. The number of unbranched alkanes of at least 4 members (excludes halogenated alkanes) is 1. The van der Waals surface area contributed by atoms with Crippen LogP contribution in [0.4, 0.5) is 4.79 Å². The minimum Gasteiger partial charge on any atom is -0.493 e. The molecule has 0 radical (unpaired) electrons. The highest BCUT2D eigenvalue weighted by molar-refractivity contribution is 7.89. The fraction of sp³-hybridized carbons (Fsp3) is 0.474. The van der Waals surface area contributed by atoms with Crippen LogP contribution in [0.25, 0.3) is 0 Å². The average Bonchev–Trinajstić information content (AvgIpc) is 3.43. The molecule has 2 fully saturated rings. The number of carbonyl (C=O) groups is 2. The third kappa shape index (κ3) is 6.07. The van der Waals surface area contributed by atoms with Crippen LogP contribution in [0.1, 0.15) is 25.7 Å². The van der Waals surface area contributed by atoms with Gasteiger partial charge in [0.25, 0.3) is 0 Å². The Morgan fingerprint density at radius 3 is 2.79 bits per heavy atom. The van der Waals surface area contributed by atoms with Crippen LogP contribution < -0.4 is 14.8 Å². The van der Waals surface area contributed by atoms with Crippen LogP contribution in [0.5, 0.6) is 5.75 Å². The lowest BCUT2D eigenvalue weighted by molar-refractivity contribution is -0.118. The van der Waals surface area contributed by atoms with Crippen molar-refractivity contribution in [2.24, 2.45) is 5.92 Å².